The summed E-state index contributed by atoms with van der Waals surface area (Å²) in [6.07, 6.45) is 3.12. The first-order chi connectivity index (χ1) is 14.2. The topological polar surface area (TPSA) is 118 Å². The Hall–Kier alpha value is -3.01. The van der Waals surface area contributed by atoms with Crippen molar-refractivity contribution in [1.29, 1.82) is 0 Å². The Morgan fingerprint density at radius 2 is 1.90 bits per heavy atom. The van der Waals surface area contributed by atoms with Crippen molar-refractivity contribution in [2.24, 2.45) is 5.92 Å². The number of sulfonamides is 1. The van der Waals surface area contributed by atoms with Crippen LogP contribution < -0.4 is 19.1 Å². The number of nitrogens with one attached hydrogen (secondary N) is 1. The lowest BCUT2D eigenvalue weighted by atomic mass is 9.99. The third kappa shape index (κ3) is 4.59. The zero-order valence-corrected chi connectivity index (χ0v) is 17.9. The minimum atomic E-state index is -4.12. The minimum absolute atomic E-state index is 0.106. The molecule has 0 unspecified atom stereocenters. The Morgan fingerprint density at radius 1 is 1.20 bits per heavy atom. The van der Waals surface area contributed by atoms with Gasteiger partial charge in [0.1, 0.15) is 16.4 Å². The molecule has 0 atom stereocenters. The van der Waals surface area contributed by atoms with Crippen molar-refractivity contribution in [1.82, 2.24) is 4.98 Å². The molecule has 1 aromatic carbocycles. The van der Waals surface area contributed by atoms with Gasteiger partial charge in [0.15, 0.2) is 5.82 Å². The molecule has 162 valence electrons. The second-order valence-corrected chi connectivity index (χ2v) is 8.84. The van der Waals surface area contributed by atoms with Gasteiger partial charge in [0, 0.05) is 25.4 Å². The van der Waals surface area contributed by atoms with Gasteiger partial charge >= 0.3 is 5.97 Å². The number of carboxylic acid groups (broad SMARTS) is 1. The van der Waals surface area contributed by atoms with Gasteiger partial charge in [-0.15, -0.1) is 0 Å². The molecule has 0 aliphatic carbocycles. The molecule has 9 nitrogen and oxygen atoms in total. The number of methoxy groups -OCH3 is 2. The molecule has 1 fully saturated rings. The minimum Gasteiger partial charge on any atom is -0.497 e. The van der Waals surface area contributed by atoms with Crippen molar-refractivity contribution in [3.8, 4) is 11.5 Å². The number of benzene rings is 1. The van der Waals surface area contributed by atoms with Crippen LogP contribution in [-0.4, -0.2) is 51.8 Å². The molecule has 1 saturated heterocycles. The van der Waals surface area contributed by atoms with E-state index in [9.17, 15) is 18.3 Å². The first kappa shape index (κ1) is 21.7. The SMILES string of the molecule is COc1ccc(OC)c(S(=O)(=O)Nc2cc(C(=O)O)cnc2N2CCC(C)CC2)c1. The van der Waals surface area contributed by atoms with Crippen LogP contribution in [0.15, 0.2) is 35.4 Å². The maximum absolute atomic E-state index is 13.2. The molecule has 0 spiro atoms. The molecule has 1 aliphatic heterocycles. The number of hydrogen-bond donors (Lipinski definition) is 2. The number of aromatic carboxylic acids is 1. The second kappa shape index (κ2) is 8.78. The van der Waals surface area contributed by atoms with Crippen LogP contribution >= 0.6 is 0 Å². The molecule has 10 heteroatoms. The molecule has 1 aromatic heterocycles. The quantitative estimate of drug-likeness (QED) is 0.682. The maximum atomic E-state index is 13.2. The van der Waals surface area contributed by atoms with Crippen LogP contribution in [0.1, 0.15) is 30.1 Å². The largest absolute Gasteiger partial charge is 0.497 e. The highest BCUT2D eigenvalue weighted by molar-refractivity contribution is 7.92. The van der Waals surface area contributed by atoms with E-state index in [0.29, 0.717) is 30.6 Å². The van der Waals surface area contributed by atoms with Crippen LogP contribution in [0, 0.1) is 5.92 Å². The highest BCUT2D eigenvalue weighted by Crippen LogP contribution is 2.33. The Balaban J connectivity index is 2.04. The zero-order valence-electron chi connectivity index (χ0n) is 17.1. The monoisotopic (exact) mass is 435 g/mol. The first-order valence-corrected chi connectivity index (χ1v) is 11.0. The fourth-order valence-corrected chi connectivity index (χ4v) is 4.55. The van der Waals surface area contributed by atoms with Crippen LogP contribution in [0.2, 0.25) is 0 Å². The van der Waals surface area contributed by atoms with E-state index in [2.05, 4.69) is 16.6 Å². The highest BCUT2D eigenvalue weighted by atomic mass is 32.2. The van der Waals surface area contributed by atoms with Crippen molar-refractivity contribution in [2.45, 2.75) is 24.7 Å². The molecule has 30 heavy (non-hydrogen) atoms. The number of rotatable bonds is 7. The predicted molar refractivity (Wildman–Crippen MR) is 112 cm³/mol. The van der Waals surface area contributed by atoms with Gasteiger partial charge in [-0.05, 0) is 37.0 Å². The van der Waals surface area contributed by atoms with E-state index in [0.717, 1.165) is 12.8 Å². The van der Waals surface area contributed by atoms with Gasteiger partial charge in [0.25, 0.3) is 10.0 Å². The lowest BCUT2D eigenvalue weighted by molar-refractivity contribution is 0.0696. The summed E-state index contributed by atoms with van der Waals surface area (Å²) < 4.78 is 39.2. The van der Waals surface area contributed by atoms with Crippen molar-refractivity contribution < 1.29 is 27.8 Å². The lowest BCUT2D eigenvalue weighted by Gasteiger charge is -2.32. The average Bonchev–Trinajstić information content (AvgIpc) is 2.73. The number of carboxylic acids is 1. The van der Waals surface area contributed by atoms with Gasteiger partial charge in [0.2, 0.25) is 0 Å². The highest BCUT2D eigenvalue weighted by Gasteiger charge is 2.26. The van der Waals surface area contributed by atoms with Gasteiger partial charge in [-0.3, -0.25) is 4.72 Å². The van der Waals surface area contributed by atoms with Crippen molar-refractivity contribution in [3.05, 3.63) is 36.0 Å². The van der Waals surface area contributed by atoms with Gasteiger partial charge in [-0.25, -0.2) is 18.2 Å². The van der Waals surface area contributed by atoms with Crippen LogP contribution in [-0.2, 0) is 10.0 Å². The summed E-state index contributed by atoms with van der Waals surface area (Å²) in [6, 6.07) is 5.71. The fraction of sp³-hybridized carbons (Fsp3) is 0.400. The molecular weight excluding hydrogens is 410 g/mol. The van der Waals surface area contributed by atoms with Crippen molar-refractivity contribution in [3.63, 3.8) is 0 Å². The number of hydrogen-bond acceptors (Lipinski definition) is 7. The van der Waals surface area contributed by atoms with Gasteiger partial charge < -0.3 is 19.5 Å². The van der Waals surface area contributed by atoms with E-state index in [1.165, 1.54) is 38.6 Å². The smallest absolute Gasteiger partial charge is 0.337 e. The van der Waals surface area contributed by atoms with E-state index < -0.39 is 16.0 Å². The Labute approximate surface area is 175 Å². The zero-order chi connectivity index (χ0) is 21.9. The van der Waals surface area contributed by atoms with E-state index in [1.807, 2.05) is 4.90 Å². The summed E-state index contributed by atoms with van der Waals surface area (Å²) in [6.45, 7) is 3.58. The number of piperidine rings is 1. The van der Waals surface area contributed by atoms with Gasteiger partial charge in [-0.1, -0.05) is 6.92 Å². The molecule has 0 bridgehead atoms. The van der Waals surface area contributed by atoms with E-state index >= 15 is 0 Å². The summed E-state index contributed by atoms with van der Waals surface area (Å²) in [5.41, 5.74) is -0.00578. The number of ether oxygens (including phenoxy) is 2. The van der Waals surface area contributed by atoms with Gasteiger partial charge in [-0.2, -0.15) is 0 Å². The molecule has 2 N–H and O–H groups in total. The first-order valence-electron chi connectivity index (χ1n) is 9.48. The normalized spacial score (nSPS) is 15.0. The molecule has 0 amide bonds. The van der Waals surface area contributed by atoms with Crippen LogP contribution in [0.25, 0.3) is 0 Å². The number of carbonyl (C=O) groups is 1. The summed E-state index contributed by atoms with van der Waals surface area (Å²) in [5, 5.41) is 9.34. The summed E-state index contributed by atoms with van der Waals surface area (Å²) in [4.78, 5) is 17.5. The predicted octanol–water partition coefficient (Wildman–Crippen LogP) is 2.83. The number of aromatic nitrogens is 1. The Morgan fingerprint density at radius 3 is 2.50 bits per heavy atom. The molecule has 2 aromatic rings. The molecule has 0 radical (unpaired) electrons. The number of nitrogens with zero attached hydrogens (tertiary/aromatic N) is 2. The standard InChI is InChI=1S/C20H25N3O6S/c1-13-6-8-23(9-7-13)19-16(10-14(12-21-19)20(24)25)22-30(26,27)18-11-15(28-2)4-5-17(18)29-3/h4-5,10-13,22H,6-9H2,1-3H3,(H,24,25). The summed E-state index contributed by atoms with van der Waals surface area (Å²) in [5.74, 6) is 0.261. The van der Waals surface area contributed by atoms with E-state index in [1.54, 1.807) is 6.07 Å². The van der Waals surface area contributed by atoms with Crippen LogP contribution in [0.3, 0.4) is 0 Å². The van der Waals surface area contributed by atoms with Crippen molar-refractivity contribution >= 4 is 27.5 Å². The van der Waals surface area contributed by atoms with Crippen LogP contribution in [0.4, 0.5) is 11.5 Å². The van der Waals surface area contributed by atoms with Crippen molar-refractivity contribution in [2.75, 3.05) is 36.9 Å². The molecular formula is C20H25N3O6S. The average molecular weight is 436 g/mol. The summed E-state index contributed by atoms with van der Waals surface area (Å²) in [7, 11) is -1.32. The molecule has 3 rings (SSSR count). The molecule has 1 aliphatic rings. The Kier molecular flexibility index (Phi) is 6.35. The van der Waals surface area contributed by atoms with Crippen LogP contribution in [0.5, 0.6) is 11.5 Å². The number of anilines is 2. The Bertz CT molecular complexity index is 1030. The lowest BCUT2D eigenvalue weighted by Crippen LogP contribution is -2.34. The second-order valence-electron chi connectivity index (χ2n) is 7.19. The van der Waals surface area contributed by atoms with E-state index in [-0.39, 0.29) is 21.9 Å². The molecule has 2 heterocycles. The number of pyridine rings is 1. The third-order valence-corrected chi connectivity index (χ3v) is 6.49. The maximum Gasteiger partial charge on any atom is 0.337 e. The van der Waals surface area contributed by atoms with E-state index in [4.69, 9.17) is 9.47 Å². The molecule has 0 saturated carbocycles. The van der Waals surface area contributed by atoms with Gasteiger partial charge in [0.05, 0.1) is 25.5 Å². The summed E-state index contributed by atoms with van der Waals surface area (Å²) >= 11 is 0. The fourth-order valence-electron chi connectivity index (χ4n) is 3.32. The third-order valence-electron chi connectivity index (χ3n) is 5.10.